The minimum atomic E-state index is 0.577. The fourth-order valence-electron chi connectivity index (χ4n) is 3.03. The minimum Gasteiger partial charge on any atom is -0.373 e. The molecule has 1 aliphatic rings. The van der Waals surface area contributed by atoms with Gasteiger partial charge >= 0.3 is 0 Å². The lowest BCUT2D eigenvalue weighted by atomic mass is 10.0. The average molecular weight is 247 g/mol. The van der Waals surface area contributed by atoms with Gasteiger partial charge in [0.15, 0.2) is 0 Å². The molecule has 3 heteroatoms. The summed E-state index contributed by atoms with van der Waals surface area (Å²) in [4.78, 5) is 9.53. The van der Waals surface area contributed by atoms with Crippen LogP contribution in [0.5, 0.6) is 0 Å². The standard InChI is InChI=1S/C15H25N3/c1-5-11-7-8-12(9-11)15-17-13(6-2)10(3)14(16-4)18-15/h11-12H,5-9H2,1-4H3,(H,16,17,18). The zero-order valence-corrected chi connectivity index (χ0v) is 12.1. The predicted octanol–water partition coefficient (Wildman–Crippen LogP) is 3.68. The third kappa shape index (κ3) is 2.50. The zero-order valence-electron chi connectivity index (χ0n) is 12.1. The lowest BCUT2D eigenvalue weighted by molar-refractivity contribution is 0.516. The summed E-state index contributed by atoms with van der Waals surface area (Å²) < 4.78 is 0. The van der Waals surface area contributed by atoms with Crippen molar-refractivity contribution < 1.29 is 0 Å². The Kier molecular flexibility index (Phi) is 4.20. The van der Waals surface area contributed by atoms with Crippen molar-refractivity contribution in [2.24, 2.45) is 5.92 Å². The SMILES string of the molecule is CCc1nc(C2CCC(CC)C2)nc(NC)c1C. The number of nitrogens with zero attached hydrogens (tertiary/aromatic N) is 2. The van der Waals surface area contributed by atoms with Gasteiger partial charge in [0.05, 0.1) is 0 Å². The van der Waals surface area contributed by atoms with Gasteiger partial charge in [-0.25, -0.2) is 9.97 Å². The second-order valence-corrected chi connectivity index (χ2v) is 5.39. The van der Waals surface area contributed by atoms with Gasteiger partial charge in [0.2, 0.25) is 0 Å². The normalized spacial score (nSPS) is 23.3. The van der Waals surface area contributed by atoms with E-state index in [0.29, 0.717) is 5.92 Å². The lowest BCUT2D eigenvalue weighted by Gasteiger charge is -2.15. The van der Waals surface area contributed by atoms with Crippen LogP contribution in [-0.4, -0.2) is 17.0 Å². The van der Waals surface area contributed by atoms with E-state index < -0.39 is 0 Å². The van der Waals surface area contributed by atoms with Gasteiger partial charge in [-0.3, -0.25) is 0 Å². The highest BCUT2D eigenvalue weighted by molar-refractivity contribution is 5.45. The molecule has 1 aromatic rings. The Balaban J connectivity index is 2.28. The number of aromatic nitrogens is 2. The Labute approximate surface area is 110 Å². The van der Waals surface area contributed by atoms with Gasteiger partial charge in [0.25, 0.3) is 0 Å². The fraction of sp³-hybridized carbons (Fsp3) is 0.733. The van der Waals surface area contributed by atoms with Gasteiger partial charge in [-0.05, 0) is 38.5 Å². The maximum Gasteiger partial charge on any atom is 0.134 e. The summed E-state index contributed by atoms with van der Waals surface area (Å²) in [7, 11) is 1.95. The summed E-state index contributed by atoms with van der Waals surface area (Å²) in [5, 5.41) is 3.21. The van der Waals surface area contributed by atoms with E-state index in [2.05, 4.69) is 26.1 Å². The largest absolute Gasteiger partial charge is 0.373 e. The molecule has 0 aliphatic heterocycles. The first-order chi connectivity index (χ1) is 8.69. The van der Waals surface area contributed by atoms with Crippen molar-refractivity contribution in [2.75, 3.05) is 12.4 Å². The monoisotopic (exact) mass is 247 g/mol. The van der Waals surface area contributed by atoms with Crippen molar-refractivity contribution in [1.82, 2.24) is 9.97 Å². The first kappa shape index (κ1) is 13.3. The molecule has 2 unspecified atom stereocenters. The minimum absolute atomic E-state index is 0.577. The predicted molar refractivity (Wildman–Crippen MR) is 76.1 cm³/mol. The number of anilines is 1. The van der Waals surface area contributed by atoms with Crippen LogP contribution in [0, 0.1) is 12.8 Å². The molecule has 1 heterocycles. The third-order valence-corrected chi connectivity index (χ3v) is 4.32. The highest BCUT2D eigenvalue weighted by Crippen LogP contribution is 2.38. The first-order valence-electron chi connectivity index (χ1n) is 7.24. The lowest BCUT2D eigenvalue weighted by Crippen LogP contribution is -2.09. The number of hydrogen-bond acceptors (Lipinski definition) is 3. The summed E-state index contributed by atoms with van der Waals surface area (Å²) in [5.41, 5.74) is 2.40. The molecule has 1 aromatic heterocycles. The topological polar surface area (TPSA) is 37.8 Å². The van der Waals surface area contributed by atoms with Crippen molar-refractivity contribution in [1.29, 1.82) is 0 Å². The molecule has 1 N–H and O–H groups in total. The summed E-state index contributed by atoms with van der Waals surface area (Å²) >= 11 is 0. The van der Waals surface area contributed by atoms with Crippen LogP contribution in [0.25, 0.3) is 0 Å². The maximum atomic E-state index is 4.80. The first-order valence-corrected chi connectivity index (χ1v) is 7.24. The van der Waals surface area contributed by atoms with Crippen LogP contribution in [0.1, 0.15) is 62.5 Å². The number of hydrogen-bond donors (Lipinski definition) is 1. The Morgan fingerprint density at radius 2 is 2.00 bits per heavy atom. The third-order valence-electron chi connectivity index (χ3n) is 4.32. The van der Waals surface area contributed by atoms with Crippen LogP contribution < -0.4 is 5.32 Å². The Morgan fingerprint density at radius 3 is 2.56 bits per heavy atom. The van der Waals surface area contributed by atoms with Crippen molar-refractivity contribution >= 4 is 5.82 Å². The number of aryl methyl sites for hydroxylation is 1. The number of rotatable bonds is 4. The molecule has 1 aliphatic carbocycles. The van der Waals surface area contributed by atoms with Gasteiger partial charge in [-0.1, -0.05) is 20.3 Å². The smallest absolute Gasteiger partial charge is 0.134 e. The van der Waals surface area contributed by atoms with Gasteiger partial charge in [0, 0.05) is 24.2 Å². The maximum absolute atomic E-state index is 4.80. The van der Waals surface area contributed by atoms with Gasteiger partial charge in [-0.2, -0.15) is 0 Å². The molecule has 0 spiro atoms. The molecule has 3 nitrogen and oxygen atoms in total. The molecule has 0 amide bonds. The van der Waals surface area contributed by atoms with Crippen LogP contribution in [0.3, 0.4) is 0 Å². The summed E-state index contributed by atoms with van der Waals surface area (Å²) in [6.45, 7) is 6.57. The molecule has 2 atom stereocenters. The summed E-state index contributed by atoms with van der Waals surface area (Å²) in [6.07, 6.45) is 6.15. The van der Waals surface area contributed by atoms with Gasteiger partial charge < -0.3 is 5.32 Å². The molecule has 0 saturated heterocycles. The zero-order chi connectivity index (χ0) is 13.1. The van der Waals surface area contributed by atoms with E-state index in [0.717, 1.165) is 24.0 Å². The fourth-order valence-corrected chi connectivity index (χ4v) is 3.03. The van der Waals surface area contributed by atoms with E-state index >= 15 is 0 Å². The quantitative estimate of drug-likeness (QED) is 0.882. The van der Waals surface area contributed by atoms with Crippen LogP contribution >= 0.6 is 0 Å². The van der Waals surface area contributed by atoms with E-state index in [1.807, 2.05) is 7.05 Å². The van der Waals surface area contributed by atoms with Crippen molar-refractivity contribution in [2.45, 2.75) is 58.8 Å². The molecule has 2 rings (SSSR count). The summed E-state index contributed by atoms with van der Waals surface area (Å²) in [6, 6.07) is 0. The molecular formula is C15H25N3. The van der Waals surface area contributed by atoms with Crippen LogP contribution in [0.2, 0.25) is 0 Å². The Bertz CT molecular complexity index is 389. The van der Waals surface area contributed by atoms with Gasteiger partial charge in [-0.15, -0.1) is 0 Å². The summed E-state index contributed by atoms with van der Waals surface area (Å²) in [5.74, 6) is 3.53. The highest BCUT2D eigenvalue weighted by atomic mass is 15.0. The highest BCUT2D eigenvalue weighted by Gasteiger charge is 2.27. The average Bonchev–Trinajstić information content (AvgIpc) is 2.88. The van der Waals surface area contributed by atoms with E-state index in [-0.39, 0.29) is 0 Å². The Hall–Kier alpha value is -1.12. The van der Waals surface area contributed by atoms with E-state index in [1.54, 1.807) is 0 Å². The second-order valence-electron chi connectivity index (χ2n) is 5.39. The van der Waals surface area contributed by atoms with Crippen molar-refractivity contribution in [3.63, 3.8) is 0 Å². The van der Waals surface area contributed by atoms with Crippen LogP contribution in [0.4, 0.5) is 5.82 Å². The molecule has 0 bridgehead atoms. The molecule has 1 fully saturated rings. The molecule has 100 valence electrons. The number of nitrogens with one attached hydrogen (secondary N) is 1. The van der Waals surface area contributed by atoms with Crippen molar-refractivity contribution in [3.8, 4) is 0 Å². The van der Waals surface area contributed by atoms with Crippen LogP contribution in [0.15, 0.2) is 0 Å². The molecule has 1 saturated carbocycles. The molecule has 0 aromatic carbocycles. The van der Waals surface area contributed by atoms with Gasteiger partial charge in [0.1, 0.15) is 11.6 Å². The van der Waals surface area contributed by atoms with E-state index in [1.165, 1.54) is 36.9 Å². The molecular weight excluding hydrogens is 222 g/mol. The van der Waals surface area contributed by atoms with Crippen molar-refractivity contribution in [3.05, 3.63) is 17.1 Å². The molecule has 18 heavy (non-hydrogen) atoms. The second kappa shape index (κ2) is 5.68. The van der Waals surface area contributed by atoms with E-state index in [9.17, 15) is 0 Å². The molecule has 0 radical (unpaired) electrons. The van der Waals surface area contributed by atoms with Crippen LogP contribution in [-0.2, 0) is 6.42 Å². The Morgan fingerprint density at radius 1 is 1.22 bits per heavy atom. The van der Waals surface area contributed by atoms with E-state index in [4.69, 9.17) is 9.97 Å².